The number of pyridine rings is 1. The minimum atomic E-state index is -4.69. The molecule has 92 valence electrons. The first-order valence-corrected chi connectivity index (χ1v) is 4.97. The van der Waals surface area contributed by atoms with E-state index in [2.05, 4.69) is 4.98 Å². The van der Waals surface area contributed by atoms with Gasteiger partial charge in [0.1, 0.15) is 0 Å². The van der Waals surface area contributed by atoms with Gasteiger partial charge >= 0.3 is 6.18 Å². The zero-order valence-electron chi connectivity index (χ0n) is 9.76. The summed E-state index contributed by atoms with van der Waals surface area (Å²) in [5.74, 6) is 0. The Kier molecular flexibility index (Phi) is 4.93. The van der Waals surface area contributed by atoms with Crippen LogP contribution >= 0.6 is 0 Å². The molecule has 1 heterocycles. The lowest BCUT2D eigenvalue weighted by molar-refractivity contribution is -0.259. The average Bonchev–Trinajstić information content (AvgIpc) is 2.20. The molecule has 1 aromatic rings. The Balaban J connectivity index is 0.00000106. The summed E-state index contributed by atoms with van der Waals surface area (Å²) in [6.07, 6.45) is -3.66. The fourth-order valence-corrected chi connectivity index (χ4v) is 0.919. The molecule has 0 spiro atoms. The van der Waals surface area contributed by atoms with Crippen molar-refractivity contribution < 1.29 is 18.3 Å². The number of alkyl halides is 3. The number of hydrogen-bond acceptors (Lipinski definition) is 2. The second-order valence-corrected chi connectivity index (χ2v) is 3.26. The fraction of sp³-hybridized carbons (Fsp3) is 0.545. The maximum atomic E-state index is 12.3. The lowest BCUT2D eigenvalue weighted by atomic mass is 9.97. The summed E-state index contributed by atoms with van der Waals surface area (Å²) in [6, 6.07) is 2.64. The second-order valence-electron chi connectivity index (χ2n) is 3.26. The topological polar surface area (TPSA) is 33.1 Å². The molecule has 0 fully saturated rings. The highest BCUT2D eigenvalue weighted by Crippen LogP contribution is 2.37. The van der Waals surface area contributed by atoms with E-state index < -0.39 is 11.8 Å². The molecule has 1 unspecified atom stereocenters. The van der Waals surface area contributed by atoms with Crippen molar-refractivity contribution in [1.29, 1.82) is 0 Å². The summed E-state index contributed by atoms with van der Waals surface area (Å²) in [4.78, 5) is 3.70. The smallest absolute Gasteiger partial charge is 0.376 e. The third kappa shape index (κ3) is 3.20. The van der Waals surface area contributed by atoms with E-state index in [-0.39, 0.29) is 5.56 Å². The Bertz CT molecular complexity index is 317. The van der Waals surface area contributed by atoms with E-state index in [4.69, 9.17) is 0 Å². The predicted molar refractivity (Wildman–Crippen MR) is 55.9 cm³/mol. The first kappa shape index (κ1) is 14.9. The highest BCUT2D eigenvalue weighted by atomic mass is 19.4. The van der Waals surface area contributed by atoms with Crippen LogP contribution in [0.5, 0.6) is 0 Å². The standard InChI is InChI=1S/C9H10F3NO.C2H6/c1-6-3-4-7(5-13-6)8(2,14)9(10,11)12;1-2/h3-5,14H,1-2H3;1-2H3. The Morgan fingerprint density at radius 1 is 1.19 bits per heavy atom. The first-order valence-electron chi connectivity index (χ1n) is 4.97. The van der Waals surface area contributed by atoms with Crippen LogP contribution in [0, 0.1) is 6.92 Å². The SMILES string of the molecule is CC.Cc1ccc(C(C)(O)C(F)(F)F)cn1. The lowest BCUT2D eigenvalue weighted by Crippen LogP contribution is -2.39. The lowest BCUT2D eigenvalue weighted by Gasteiger charge is -2.26. The molecule has 0 aliphatic carbocycles. The van der Waals surface area contributed by atoms with E-state index in [0.717, 1.165) is 6.20 Å². The molecule has 2 nitrogen and oxygen atoms in total. The molecular formula is C11H16F3NO. The highest BCUT2D eigenvalue weighted by molar-refractivity contribution is 5.21. The van der Waals surface area contributed by atoms with Crippen LogP contribution in [0.25, 0.3) is 0 Å². The number of halogens is 3. The Labute approximate surface area is 93.1 Å². The molecule has 1 rings (SSSR count). The molecule has 0 aromatic carbocycles. The van der Waals surface area contributed by atoms with Crippen LogP contribution in [0.15, 0.2) is 18.3 Å². The fourth-order valence-electron chi connectivity index (χ4n) is 0.919. The highest BCUT2D eigenvalue weighted by Gasteiger charge is 2.51. The van der Waals surface area contributed by atoms with Gasteiger partial charge in [-0.2, -0.15) is 13.2 Å². The predicted octanol–water partition coefficient (Wildman–Crippen LogP) is 3.19. The number of nitrogens with zero attached hydrogens (tertiary/aromatic N) is 1. The van der Waals surface area contributed by atoms with Crippen molar-refractivity contribution in [2.45, 2.75) is 39.5 Å². The van der Waals surface area contributed by atoms with Gasteiger partial charge in [0.05, 0.1) is 0 Å². The summed E-state index contributed by atoms with van der Waals surface area (Å²) in [5, 5.41) is 9.25. The second kappa shape index (κ2) is 5.30. The maximum Gasteiger partial charge on any atom is 0.421 e. The van der Waals surface area contributed by atoms with Gasteiger partial charge in [0, 0.05) is 17.5 Å². The first-order chi connectivity index (χ1) is 7.25. The number of aryl methyl sites for hydroxylation is 1. The molecular weight excluding hydrogens is 219 g/mol. The summed E-state index contributed by atoms with van der Waals surface area (Å²) in [6.45, 7) is 6.37. The van der Waals surface area contributed by atoms with E-state index in [1.54, 1.807) is 6.92 Å². The van der Waals surface area contributed by atoms with Crippen molar-refractivity contribution in [3.63, 3.8) is 0 Å². The molecule has 0 saturated heterocycles. The van der Waals surface area contributed by atoms with Gasteiger partial charge in [-0.25, -0.2) is 0 Å². The Morgan fingerprint density at radius 3 is 2.00 bits per heavy atom. The Morgan fingerprint density at radius 2 is 1.69 bits per heavy atom. The van der Waals surface area contributed by atoms with Crippen molar-refractivity contribution in [1.82, 2.24) is 4.98 Å². The quantitative estimate of drug-likeness (QED) is 0.810. The Hall–Kier alpha value is -1.10. The van der Waals surface area contributed by atoms with Crippen molar-refractivity contribution in [2.24, 2.45) is 0 Å². The number of rotatable bonds is 1. The summed E-state index contributed by atoms with van der Waals surface area (Å²) < 4.78 is 37.0. The summed E-state index contributed by atoms with van der Waals surface area (Å²) >= 11 is 0. The molecule has 16 heavy (non-hydrogen) atoms. The minimum absolute atomic E-state index is 0.254. The molecule has 5 heteroatoms. The summed E-state index contributed by atoms with van der Waals surface area (Å²) in [7, 11) is 0. The zero-order chi connectivity index (χ0) is 13.0. The maximum absolute atomic E-state index is 12.3. The van der Waals surface area contributed by atoms with Crippen molar-refractivity contribution in [3.05, 3.63) is 29.6 Å². The molecule has 1 N–H and O–H groups in total. The molecule has 1 atom stereocenters. The van der Waals surface area contributed by atoms with Crippen LogP contribution in [-0.2, 0) is 5.60 Å². The van der Waals surface area contributed by atoms with Gasteiger partial charge < -0.3 is 5.11 Å². The molecule has 0 radical (unpaired) electrons. The van der Waals surface area contributed by atoms with Gasteiger partial charge in [0.15, 0.2) is 5.60 Å². The van der Waals surface area contributed by atoms with E-state index in [0.29, 0.717) is 12.6 Å². The van der Waals surface area contributed by atoms with Gasteiger partial charge in [-0.05, 0) is 19.9 Å². The minimum Gasteiger partial charge on any atom is -0.376 e. The van der Waals surface area contributed by atoms with Crippen molar-refractivity contribution in [3.8, 4) is 0 Å². The van der Waals surface area contributed by atoms with Crippen LogP contribution in [0.3, 0.4) is 0 Å². The molecule has 0 bridgehead atoms. The normalized spacial score (nSPS) is 14.8. The third-order valence-electron chi connectivity index (χ3n) is 2.03. The van der Waals surface area contributed by atoms with E-state index >= 15 is 0 Å². The summed E-state index contributed by atoms with van der Waals surface area (Å²) in [5.41, 5.74) is -2.49. The monoisotopic (exact) mass is 235 g/mol. The molecule has 0 amide bonds. The van der Waals surface area contributed by atoms with Gasteiger partial charge in [-0.3, -0.25) is 4.98 Å². The van der Waals surface area contributed by atoms with Gasteiger partial charge in [-0.15, -0.1) is 0 Å². The van der Waals surface area contributed by atoms with Crippen LogP contribution in [0.2, 0.25) is 0 Å². The van der Waals surface area contributed by atoms with Crippen molar-refractivity contribution >= 4 is 0 Å². The zero-order valence-corrected chi connectivity index (χ0v) is 9.76. The van der Waals surface area contributed by atoms with Gasteiger partial charge in [0.2, 0.25) is 0 Å². The van der Waals surface area contributed by atoms with Crippen LogP contribution in [0.4, 0.5) is 13.2 Å². The largest absolute Gasteiger partial charge is 0.421 e. The van der Waals surface area contributed by atoms with Crippen LogP contribution in [0.1, 0.15) is 32.0 Å². The molecule has 0 aliphatic heterocycles. The van der Waals surface area contributed by atoms with E-state index in [9.17, 15) is 18.3 Å². The molecule has 0 aliphatic rings. The van der Waals surface area contributed by atoms with E-state index in [1.165, 1.54) is 12.1 Å². The van der Waals surface area contributed by atoms with Crippen molar-refractivity contribution in [2.75, 3.05) is 0 Å². The van der Waals surface area contributed by atoms with Crippen LogP contribution in [-0.4, -0.2) is 16.3 Å². The third-order valence-corrected chi connectivity index (χ3v) is 2.03. The van der Waals surface area contributed by atoms with Gasteiger partial charge in [-0.1, -0.05) is 19.9 Å². The van der Waals surface area contributed by atoms with Gasteiger partial charge in [0.25, 0.3) is 0 Å². The number of aromatic nitrogens is 1. The number of aliphatic hydroxyl groups is 1. The average molecular weight is 235 g/mol. The molecule has 0 saturated carbocycles. The van der Waals surface area contributed by atoms with E-state index in [1.807, 2.05) is 13.8 Å². The van der Waals surface area contributed by atoms with Crippen LogP contribution < -0.4 is 0 Å². The molecule has 1 aromatic heterocycles. The number of hydrogen-bond donors (Lipinski definition) is 1.